The van der Waals surface area contributed by atoms with Crippen LogP contribution in [0.1, 0.15) is 34.1 Å². The van der Waals surface area contributed by atoms with Crippen molar-refractivity contribution in [2.45, 2.75) is 46.3 Å². The Morgan fingerprint density at radius 2 is 1.62 bits per heavy atom. The predicted octanol–water partition coefficient (Wildman–Crippen LogP) is 2.27. The lowest BCUT2D eigenvalue weighted by Gasteiger charge is -2.12. The van der Waals surface area contributed by atoms with Gasteiger partial charge in [-0.3, -0.25) is 4.79 Å². The van der Waals surface area contributed by atoms with Crippen LogP contribution in [0.3, 0.4) is 0 Å². The van der Waals surface area contributed by atoms with Crippen molar-refractivity contribution in [1.29, 1.82) is 0 Å². The Kier molecular flexibility index (Phi) is 5.19. The van der Waals surface area contributed by atoms with E-state index < -0.39 is 0 Å². The van der Waals surface area contributed by atoms with Gasteiger partial charge in [0.2, 0.25) is 0 Å². The van der Waals surface area contributed by atoms with Gasteiger partial charge >= 0.3 is 5.97 Å². The summed E-state index contributed by atoms with van der Waals surface area (Å²) in [6.45, 7) is 11.0. The molecule has 0 bridgehead atoms. The number of ether oxygens (including phenoxy) is 2. The van der Waals surface area contributed by atoms with Crippen molar-refractivity contribution in [3.63, 3.8) is 0 Å². The molecule has 0 unspecified atom stereocenters. The fourth-order valence-corrected chi connectivity index (χ4v) is 0.841. The van der Waals surface area contributed by atoms with Gasteiger partial charge in [0.1, 0.15) is 12.2 Å². The Labute approximate surface area is 79.7 Å². The summed E-state index contributed by atoms with van der Waals surface area (Å²) in [5, 5.41) is 0. The molecule has 0 aromatic rings. The van der Waals surface area contributed by atoms with Gasteiger partial charge in [0.25, 0.3) is 0 Å². The Balaban J connectivity index is 3.72. The Morgan fingerprint density at radius 1 is 1.15 bits per heavy atom. The van der Waals surface area contributed by atoms with Gasteiger partial charge in [-0.2, -0.15) is 0 Å². The maximum atomic E-state index is 11.1. The normalized spacial score (nSPS) is 10.3. The van der Waals surface area contributed by atoms with E-state index in [9.17, 15) is 4.79 Å². The molecule has 0 saturated heterocycles. The molecule has 0 saturated carbocycles. The average molecular weight is 186 g/mol. The van der Waals surface area contributed by atoms with E-state index >= 15 is 0 Å². The molecule has 0 aromatic carbocycles. The van der Waals surface area contributed by atoms with Gasteiger partial charge in [-0.25, -0.2) is 0 Å². The average Bonchev–Trinajstić information content (AvgIpc) is 1.80. The minimum atomic E-state index is -0.291. The number of hydrogen-bond donors (Lipinski definition) is 0. The molecule has 0 radical (unpaired) electrons. The Morgan fingerprint density at radius 3 is 2.00 bits per heavy atom. The second-order valence-corrected chi connectivity index (χ2v) is 3.42. The SMILES string of the molecule is C=C(CC(=O)OC(C)C)OC(C)C. The first-order valence-corrected chi connectivity index (χ1v) is 4.45. The van der Waals surface area contributed by atoms with Gasteiger partial charge < -0.3 is 9.47 Å². The van der Waals surface area contributed by atoms with Gasteiger partial charge in [0.05, 0.1) is 12.2 Å². The summed E-state index contributed by atoms with van der Waals surface area (Å²) in [7, 11) is 0. The summed E-state index contributed by atoms with van der Waals surface area (Å²) in [6.07, 6.45) is 0.106. The molecule has 0 aliphatic rings. The molecule has 0 aliphatic carbocycles. The molecule has 0 rings (SSSR count). The van der Waals surface area contributed by atoms with Gasteiger partial charge in [-0.15, -0.1) is 0 Å². The van der Waals surface area contributed by atoms with Crippen LogP contribution in [0, 0.1) is 0 Å². The van der Waals surface area contributed by atoms with Crippen molar-refractivity contribution in [2.24, 2.45) is 0 Å². The fourth-order valence-electron chi connectivity index (χ4n) is 0.841. The summed E-state index contributed by atoms with van der Waals surface area (Å²) in [5.74, 6) is 0.168. The first-order valence-electron chi connectivity index (χ1n) is 4.45. The maximum absolute atomic E-state index is 11.1. The minimum Gasteiger partial charge on any atom is -0.495 e. The minimum absolute atomic E-state index is 0.0550. The standard InChI is InChI=1S/C10H18O3/c1-7(2)12-9(5)6-10(11)13-8(3)4/h7-8H,5-6H2,1-4H3. The Hall–Kier alpha value is -0.990. The lowest BCUT2D eigenvalue weighted by molar-refractivity contribution is -0.147. The number of carbonyl (C=O) groups is 1. The molecule has 0 aliphatic heterocycles. The summed E-state index contributed by atoms with van der Waals surface area (Å²) in [6, 6.07) is 0. The molecule has 0 aromatic heterocycles. The van der Waals surface area contributed by atoms with Crippen LogP contribution in [-0.4, -0.2) is 18.2 Å². The number of rotatable bonds is 5. The van der Waals surface area contributed by atoms with Crippen LogP contribution in [0.5, 0.6) is 0 Å². The van der Waals surface area contributed by atoms with Crippen LogP contribution in [-0.2, 0) is 14.3 Å². The van der Waals surface area contributed by atoms with E-state index in [-0.39, 0.29) is 24.6 Å². The van der Waals surface area contributed by atoms with E-state index in [0.29, 0.717) is 5.76 Å². The molecular formula is C10H18O3. The molecule has 0 fully saturated rings. The molecular weight excluding hydrogens is 168 g/mol. The molecule has 3 nitrogen and oxygen atoms in total. The number of hydrogen-bond acceptors (Lipinski definition) is 3. The summed E-state index contributed by atoms with van der Waals surface area (Å²) >= 11 is 0. The lowest BCUT2D eigenvalue weighted by Crippen LogP contribution is -2.13. The van der Waals surface area contributed by atoms with Crippen LogP contribution in [0.25, 0.3) is 0 Å². The van der Waals surface area contributed by atoms with Crippen molar-refractivity contribution < 1.29 is 14.3 Å². The molecule has 0 amide bonds. The third kappa shape index (κ3) is 7.37. The van der Waals surface area contributed by atoms with Gasteiger partial charge in [-0.05, 0) is 27.7 Å². The molecule has 13 heavy (non-hydrogen) atoms. The molecule has 0 atom stereocenters. The third-order valence-electron chi connectivity index (χ3n) is 1.11. The molecule has 0 spiro atoms. The summed E-state index contributed by atoms with van der Waals surface area (Å²) in [4.78, 5) is 11.1. The zero-order valence-electron chi connectivity index (χ0n) is 8.79. The van der Waals surface area contributed by atoms with Crippen molar-refractivity contribution in [1.82, 2.24) is 0 Å². The van der Waals surface area contributed by atoms with Crippen LogP contribution >= 0.6 is 0 Å². The molecule has 76 valence electrons. The lowest BCUT2D eigenvalue weighted by atomic mass is 10.3. The molecule has 0 heterocycles. The van der Waals surface area contributed by atoms with Gasteiger partial charge in [0.15, 0.2) is 0 Å². The largest absolute Gasteiger partial charge is 0.495 e. The van der Waals surface area contributed by atoms with E-state index in [1.807, 2.05) is 27.7 Å². The molecule has 0 N–H and O–H groups in total. The van der Waals surface area contributed by atoms with Crippen LogP contribution in [0.4, 0.5) is 0 Å². The zero-order valence-corrected chi connectivity index (χ0v) is 8.79. The van der Waals surface area contributed by atoms with Crippen molar-refractivity contribution in [2.75, 3.05) is 0 Å². The number of esters is 1. The van der Waals surface area contributed by atoms with Crippen LogP contribution in [0.15, 0.2) is 12.3 Å². The van der Waals surface area contributed by atoms with Gasteiger partial charge in [-0.1, -0.05) is 6.58 Å². The van der Waals surface area contributed by atoms with E-state index in [1.54, 1.807) is 0 Å². The molecule has 3 heteroatoms. The highest BCUT2D eigenvalue weighted by molar-refractivity contribution is 5.71. The van der Waals surface area contributed by atoms with E-state index in [4.69, 9.17) is 9.47 Å². The second kappa shape index (κ2) is 5.62. The monoisotopic (exact) mass is 186 g/mol. The summed E-state index contributed by atoms with van der Waals surface area (Å²) in [5.41, 5.74) is 0. The topological polar surface area (TPSA) is 35.5 Å². The summed E-state index contributed by atoms with van der Waals surface area (Å²) < 4.78 is 10.1. The smallest absolute Gasteiger partial charge is 0.313 e. The number of carbonyl (C=O) groups excluding carboxylic acids is 1. The Bertz CT molecular complexity index is 163. The van der Waals surface area contributed by atoms with Gasteiger partial charge in [0, 0.05) is 0 Å². The van der Waals surface area contributed by atoms with E-state index in [2.05, 4.69) is 6.58 Å². The van der Waals surface area contributed by atoms with Crippen molar-refractivity contribution in [3.8, 4) is 0 Å². The second-order valence-electron chi connectivity index (χ2n) is 3.42. The first-order chi connectivity index (χ1) is 5.91. The van der Waals surface area contributed by atoms with Crippen molar-refractivity contribution >= 4 is 5.97 Å². The first kappa shape index (κ1) is 12.0. The highest BCUT2D eigenvalue weighted by Gasteiger charge is 2.09. The fraction of sp³-hybridized carbons (Fsp3) is 0.700. The maximum Gasteiger partial charge on any atom is 0.313 e. The van der Waals surface area contributed by atoms with E-state index in [1.165, 1.54) is 0 Å². The van der Waals surface area contributed by atoms with Crippen LogP contribution in [0.2, 0.25) is 0 Å². The van der Waals surface area contributed by atoms with Crippen LogP contribution < -0.4 is 0 Å². The van der Waals surface area contributed by atoms with E-state index in [0.717, 1.165) is 0 Å². The third-order valence-corrected chi connectivity index (χ3v) is 1.11. The quantitative estimate of drug-likeness (QED) is 0.488. The predicted molar refractivity (Wildman–Crippen MR) is 51.2 cm³/mol. The highest BCUT2D eigenvalue weighted by atomic mass is 16.5. The van der Waals surface area contributed by atoms with Crippen molar-refractivity contribution in [3.05, 3.63) is 12.3 Å². The zero-order chi connectivity index (χ0) is 10.4. The highest BCUT2D eigenvalue weighted by Crippen LogP contribution is 2.06.